The molecular weight excluding hydrogens is 212 g/mol. The summed E-state index contributed by atoms with van der Waals surface area (Å²) in [5, 5.41) is 9.72. The first kappa shape index (κ1) is 13.1. The highest BCUT2D eigenvalue weighted by molar-refractivity contribution is 5.28. The zero-order valence-corrected chi connectivity index (χ0v) is 9.67. The zero-order valence-electron chi connectivity index (χ0n) is 9.67. The Balaban J connectivity index is 3.10. The third-order valence-electron chi connectivity index (χ3n) is 2.72. The molecule has 90 valence electrons. The Morgan fingerprint density at radius 2 is 1.75 bits per heavy atom. The molecule has 0 saturated carbocycles. The topological polar surface area (TPSA) is 46.2 Å². The molecule has 0 saturated heterocycles. The maximum absolute atomic E-state index is 13.6. The summed E-state index contributed by atoms with van der Waals surface area (Å²) in [7, 11) is 0. The SMILES string of the molecule is Cc1ccc([C@H](N)[C@H](O)C(C)C)c(F)c1F. The van der Waals surface area contributed by atoms with E-state index >= 15 is 0 Å². The summed E-state index contributed by atoms with van der Waals surface area (Å²) in [6.07, 6.45) is -0.892. The van der Waals surface area contributed by atoms with Gasteiger partial charge in [0.2, 0.25) is 0 Å². The second kappa shape index (κ2) is 4.89. The highest BCUT2D eigenvalue weighted by Crippen LogP contribution is 2.25. The first-order valence-corrected chi connectivity index (χ1v) is 5.24. The lowest BCUT2D eigenvalue weighted by atomic mass is 9.93. The first-order valence-electron chi connectivity index (χ1n) is 5.24. The number of benzene rings is 1. The predicted molar refractivity (Wildman–Crippen MR) is 58.9 cm³/mol. The minimum atomic E-state index is -0.966. The van der Waals surface area contributed by atoms with Gasteiger partial charge in [0.15, 0.2) is 11.6 Å². The molecule has 0 aliphatic rings. The summed E-state index contributed by atoms with van der Waals surface area (Å²) in [6, 6.07) is 1.97. The molecule has 1 aromatic carbocycles. The number of hydrogen-bond acceptors (Lipinski definition) is 2. The van der Waals surface area contributed by atoms with E-state index in [4.69, 9.17) is 5.73 Å². The fourth-order valence-electron chi connectivity index (χ4n) is 1.52. The van der Waals surface area contributed by atoms with Gasteiger partial charge in [-0.1, -0.05) is 26.0 Å². The largest absolute Gasteiger partial charge is 0.391 e. The Labute approximate surface area is 94.1 Å². The fourth-order valence-corrected chi connectivity index (χ4v) is 1.52. The fraction of sp³-hybridized carbons (Fsp3) is 0.500. The molecule has 0 unspecified atom stereocenters. The van der Waals surface area contributed by atoms with Gasteiger partial charge in [0.05, 0.1) is 12.1 Å². The molecule has 0 spiro atoms. The summed E-state index contributed by atoms with van der Waals surface area (Å²) < 4.78 is 26.9. The number of aliphatic hydroxyl groups excluding tert-OH is 1. The van der Waals surface area contributed by atoms with Gasteiger partial charge in [-0.05, 0) is 18.4 Å². The van der Waals surface area contributed by atoms with Crippen LogP contribution in [0.4, 0.5) is 8.78 Å². The predicted octanol–water partition coefficient (Wildman–Crippen LogP) is 2.29. The minimum absolute atomic E-state index is 0.0179. The number of hydrogen-bond donors (Lipinski definition) is 2. The summed E-state index contributed by atoms with van der Waals surface area (Å²) in [4.78, 5) is 0. The number of aryl methyl sites for hydroxylation is 1. The van der Waals surface area contributed by atoms with Crippen LogP contribution in [0, 0.1) is 24.5 Å². The first-order chi connectivity index (χ1) is 7.36. The van der Waals surface area contributed by atoms with E-state index in [2.05, 4.69) is 0 Å². The van der Waals surface area contributed by atoms with Gasteiger partial charge in [-0.25, -0.2) is 8.78 Å². The van der Waals surface area contributed by atoms with E-state index in [9.17, 15) is 13.9 Å². The van der Waals surface area contributed by atoms with Crippen molar-refractivity contribution in [2.45, 2.75) is 32.9 Å². The van der Waals surface area contributed by atoms with Crippen LogP contribution in [0.5, 0.6) is 0 Å². The summed E-state index contributed by atoms with van der Waals surface area (Å²) in [6.45, 7) is 5.02. The molecule has 0 heterocycles. The molecule has 0 radical (unpaired) electrons. The van der Waals surface area contributed by atoms with E-state index in [0.717, 1.165) is 0 Å². The van der Waals surface area contributed by atoms with E-state index < -0.39 is 23.8 Å². The average molecular weight is 229 g/mol. The highest BCUT2D eigenvalue weighted by Gasteiger charge is 2.24. The summed E-state index contributed by atoms with van der Waals surface area (Å²) in [5.74, 6) is -1.98. The van der Waals surface area contributed by atoms with E-state index in [1.807, 2.05) is 0 Å². The van der Waals surface area contributed by atoms with Crippen LogP contribution in [0.3, 0.4) is 0 Å². The molecule has 0 amide bonds. The lowest BCUT2D eigenvalue weighted by molar-refractivity contribution is 0.0963. The smallest absolute Gasteiger partial charge is 0.163 e. The quantitative estimate of drug-likeness (QED) is 0.835. The van der Waals surface area contributed by atoms with Crippen LogP contribution in [-0.2, 0) is 0 Å². The van der Waals surface area contributed by atoms with Crippen LogP contribution in [0.25, 0.3) is 0 Å². The van der Waals surface area contributed by atoms with Crippen LogP contribution >= 0.6 is 0 Å². The second-order valence-corrected chi connectivity index (χ2v) is 4.36. The molecule has 1 rings (SSSR count). The van der Waals surface area contributed by atoms with Crippen molar-refractivity contribution in [2.75, 3.05) is 0 Å². The molecule has 3 N–H and O–H groups in total. The van der Waals surface area contributed by atoms with Crippen molar-refractivity contribution in [2.24, 2.45) is 11.7 Å². The maximum atomic E-state index is 13.6. The molecule has 2 nitrogen and oxygen atoms in total. The number of halogens is 2. The third-order valence-corrected chi connectivity index (χ3v) is 2.72. The van der Waals surface area contributed by atoms with Crippen molar-refractivity contribution in [1.29, 1.82) is 0 Å². The van der Waals surface area contributed by atoms with Crippen molar-refractivity contribution in [3.63, 3.8) is 0 Å². The lowest BCUT2D eigenvalue weighted by Crippen LogP contribution is -2.31. The van der Waals surface area contributed by atoms with Crippen LogP contribution in [0.1, 0.15) is 31.0 Å². The van der Waals surface area contributed by atoms with E-state index in [1.165, 1.54) is 19.1 Å². The van der Waals surface area contributed by atoms with Crippen LogP contribution in [0.15, 0.2) is 12.1 Å². The Kier molecular flexibility index (Phi) is 3.99. The van der Waals surface area contributed by atoms with E-state index in [-0.39, 0.29) is 17.0 Å². The third kappa shape index (κ3) is 2.39. The van der Waals surface area contributed by atoms with Gasteiger partial charge >= 0.3 is 0 Å². The van der Waals surface area contributed by atoms with Gasteiger partial charge in [-0.2, -0.15) is 0 Å². The molecule has 0 bridgehead atoms. The summed E-state index contributed by atoms with van der Waals surface area (Å²) in [5.41, 5.74) is 5.95. The zero-order chi connectivity index (χ0) is 12.5. The minimum Gasteiger partial charge on any atom is -0.391 e. The van der Waals surface area contributed by atoms with Crippen LogP contribution in [-0.4, -0.2) is 11.2 Å². The van der Waals surface area contributed by atoms with Crippen molar-refractivity contribution in [3.8, 4) is 0 Å². The maximum Gasteiger partial charge on any atom is 0.163 e. The van der Waals surface area contributed by atoms with Crippen molar-refractivity contribution in [1.82, 2.24) is 0 Å². The molecule has 16 heavy (non-hydrogen) atoms. The standard InChI is InChI=1S/C12H17F2NO/c1-6(2)12(16)11(15)8-5-4-7(3)9(13)10(8)14/h4-6,11-12,16H,15H2,1-3H3/t11-,12+/m0/s1. The van der Waals surface area contributed by atoms with Crippen molar-refractivity contribution in [3.05, 3.63) is 34.9 Å². The highest BCUT2D eigenvalue weighted by atomic mass is 19.2. The van der Waals surface area contributed by atoms with Gasteiger partial charge in [0, 0.05) is 5.56 Å². The van der Waals surface area contributed by atoms with Crippen LogP contribution < -0.4 is 5.73 Å². The molecular formula is C12H17F2NO. The van der Waals surface area contributed by atoms with Gasteiger partial charge in [-0.15, -0.1) is 0 Å². The average Bonchev–Trinajstić information content (AvgIpc) is 2.24. The molecule has 0 fully saturated rings. The second-order valence-electron chi connectivity index (χ2n) is 4.36. The van der Waals surface area contributed by atoms with Gasteiger partial charge in [0.1, 0.15) is 0 Å². The molecule has 0 aliphatic heterocycles. The molecule has 1 aromatic rings. The number of aliphatic hydroxyl groups is 1. The molecule has 4 heteroatoms. The van der Waals surface area contributed by atoms with Gasteiger partial charge < -0.3 is 10.8 Å². The van der Waals surface area contributed by atoms with Gasteiger partial charge in [-0.3, -0.25) is 0 Å². The van der Waals surface area contributed by atoms with E-state index in [0.29, 0.717) is 0 Å². The van der Waals surface area contributed by atoms with Crippen LogP contribution in [0.2, 0.25) is 0 Å². The summed E-state index contributed by atoms with van der Waals surface area (Å²) >= 11 is 0. The number of nitrogens with two attached hydrogens (primary N) is 1. The number of rotatable bonds is 3. The Morgan fingerprint density at radius 1 is 1.19 bits per heavy atom. The van der Waals surface area contributed by atoms with Gasteiger partial charge in [0.25, 0.3) is 0 Å². The normalized spacial score (nSPS) is 15.2. The van der Waals surface area contributed by atoms with E-state index in [1.54, 1.807) is 13.8 Å². The Hall–Kier alpha value is -1.00. The molecule has 2 atom stereocenters. The molecule has 0 aromatic heterocycles. The molecule has 0 aliphatic carbocycles. The monoisotopic (exact) mass is 229 g/mol. The lowest BCUT2D eigenvalue weighted by Gasteiger charge is -2.23. The Morgan fingerprint density at radius 3 is 2.25 bits per heavy atom. The van der Waals surface area contributed by atoms with Crippen molar-refractivity contribution < 1.29 is 13.9 Å². The Bertz CT molecular complexity index is 380. The van der Waals surface area contributed by atoms with Crippen molar-refractivity contribution >= 4 is 0 Å².